The lowest BCUT2D eigenvalue weighted by Gasteiger charge is -2.31. The highest BCUT2D eigenvalue weighted by molar-refractivity contribution is 5.96. The van der Waals surface area contributed by atoms with E-state index >= 15 is 0 Å². The van der Waals surface area contributed by atoms with E-state index < -0.39 is 5.97 Å². The zero-order valence-corrected chi connectivity index (χ0v) is 17.1. The van der Waals surface area contributed by atoms with Gasteiger partial charge in [0.25, 0.3) is 0 Å². The summed E-state index contributed by atoms with van der Waals surface area (Å²) in [5.41, 5.74) is 2.37. The fourth-order valence-electron chi connectivity index (χ4n) is 3.96. The minimum absolute atomic E-state index is 0.00734. The number of anilines is 1. The van der Waals surface area contributed by atoms with Crippen molar-refractivity contribution in [1.82, 2.24) is 4.90 Å². The van der Waals surface area contributed by atoms with Crippen LogP contribution in [-0.2, 0) is 16.1 Å². The van der Waals surface area contributed by atoms with Crippen LogP contribution in [-0.4, -0.2) is 36.5 Å². The van der Waals surface area contributed by atoms with Gasteiger partial charge in [-0.05, 0) is 51.1 Å². The maximum atomic E-state index is 12.6. The Morgan fingerprint density at radius 1 is 1.07 bits per heavy atom. The summed E-state index contributed by atoms with van der Waals surface area (Å²) < 4.78 is 11.0. The standard InChI is InChI=1S/C24H26N2O4/c1-2-29-24(28)22-20(19-10-6-7-11-21(19)30-22)16-26-14-12-17(13-15-26)23(27)25-18-8-4-3-5-9-18/h3-11,17H,2,12-16H2,1H3,(H,25,27). The number of fused-ring (bicyclic) bond motifs is 1. The summed E-state index contributed by atoms with van der Waals surface area (Å²) >= 11 is 0. The predicted octanol–water partition coefficient (Wildman–Crippen LogP) is 4.46. The Morgan fingerprint density at radius 3 is 2.50 bits per heavy atom. The number of likely N-dealkylation sites (tertiary alicyclic amines) is 1. The number of carbonyl (C=O) groups excluding carboxylic acids is 2. The van der Waals surface area contributed by atoms with Crippen molar-refractivity contribution in [2.45, 2.75) is 26.3 Å². The topological polar surface area (TPSA) is 71.8 Å². The highest BCUT2D eigenvalue weighted by atomic mass is 16.5. The Balaban J connectivity index is 1.42. The van der Waals surface area contributed by atoms with E-state index in [1.54, 1.807) is 6.92 Å². The van der Waals surface area contributed by atoms with Gasteiger partial charge in [0.2, 0.25) is 11.7 Å². The monoisotopic (exact) mass is 406 g/mol. The molecule has 1 fully saturated rings. The van der Waals surface area contributed by atoms with Crippen LogP contribution in [0.25, 0.3) is 11.0 Å². The number of benzene rings is 2. The number of ether oxygens (including phenoxy) is 1. The molecule has 1 aromatic heterocycles. The molecule has 0 aliphatic carbocycles. The third kappa shape index (κ3) is 4.39. The number of rotatable bonds is 6. The maximum Gasteiger partial charge on any atom is 0.374 e. The molecule has 0 atom stereocenters. The van der Waals surface area contributed by atoms with Crippen LogP contribution in [0.5, 0.6) is 0 Å². The number of nitrogens with one attached hydrogen (secondary N) is 1. The number of nitrogens with zero attached hydrogens (tertiary/aromatic N) is 1. The molecule has 2 aromatic carbocycles. The van der Waals surface area contributed by atoms with Crippen LogP contribution in [0.4, 0.5) is 5.69 Å². The largest absolute Gasteiger partial charge is 0.460 e. The van der Waals surface area contributed by atoms with Crippen LogP contribution in [0, 0.1) is 5.92 Å². The quantitative estimate of drug-likeness (QED) is 0.612. The third-order valence-corrected chi connectivity index (χ3v) is 5.54. The van der Waals surface area contributed by atoms with Gasteiger partial charge in [0.15, 0.2) is 0 Å². The summed E-state index contributed by atoms with van der Waals surface area (Å²) in [7, 11) is 0. The fourth-order valence-corrected chi connectivity index (χ4v) is 3.96. The lowest BCUT2D eigenvalue weighted by Crippen LogP contribution is -2.38. The Morgan fingerprint density at radius 2 is 1.77 bits per heavy atom. The van der Waals surface area contributed by atoms with Crippen molar-refractivity contribution in [3.8, 4) is 0 Å². The molecular formula is C24H26N2O4. The van der Waals surface area contributed by atoms with Crippen molar-refractivity contribution in [3.63, 3.8) is 0 Å². The van der Waals surface area contributed by atoms with Crippen molar-refractivity contribution in [2.24, 2.45) is 5.92 Å². The first-order chi connectivity index (χ1) is 14.7. The third-order valence-electron chi connectivity index (χ3n) is 5.54. The van der Waals surface area contributed by atoms with E-state index in [-0.39, 0.29) is 17.6 Å². The molecule has 0 unspecified atom stereocenters. The summed E-state index contributed by atoms with van der Waals surface area (Å²) in [5, 5.41) is 3.94. The number of furan rings is 1. The van der Waals surface area contributed by atoms with E-state index in [9.17, 15) is 9.59 Å². The fraction of sp³-hybridized carbons (Fsp3) is 0.333. The summed E-state index contributed by atoms with van der Waals surface area (Å²) in [4.78, 5) is 27.3. The van der Waals surface area contributed by atoms with Gasteiger partial charge in [0.1, 0.15) is 5.58 Å². The molecule has 2 heterocycles. The first kappa shape index (κ1) is 20.2. The lowest BCUT2D eigenvalue weighted by molar-refractivity contribution is -0.121. The van der Waals surface area contributed by atoms with Crippen molar-refractivity contribution in [2.75, 3.05) is 25.0 Å². The van der Waals surface area contributed by atoms with E-state index in [0.29, 0.717) is 18.7 Å². The van der Waals surface area contributed by atoms with Crippen molar-refractivity contribution < 1.29 is 18.7 Å². The van der Waals surface area contributed by atoms with Gasteiger partial charge >= 0.3 is 5.97 Å². The molecule has 1 amide bonds. The summed E-state index contributed by atoms with van der Waals surface area (Å²) in [6, 6.07) is 17.2. The van der Waals surface area contributed by atoms with Gasteiger partial charge in [-0.25, -0.2) is 4.79 Å². The van der Waals surface area contributed by atoms with Gasteiger partial charge in [-0.15, -0.1) is 0 Å². The van der Waals surface area contributed by atoms with Gasteiger partial charge in [0.05, 0.1) is 6.61 Å². The predicted molar refractivity (Wildman–Crippen MR) is 115 cm³/mol. The number of para-hydroxylation sites is 2. The molecule has 30 heavy (non-hydrogen) atoms. The first-order valence-corrected chi connectivity index (χ1v) is 10.4. The van der Waals surface area contributed by atoms with Crippen LogP contribution in [0.3, 0.4) is 0 Å². The average Bonchev–Trinajstić information content (AvgIpc) is 3.14. The SMILES string of the molecule is CCOC(=O)c1oc2ccccc2c1CN1CCC(C(=O)Nc2ccccc2)CC1. The number of amides is 1. The second kappa shape index (κ2) is 9.13. The second-order valence-corrected chi connectivity index (χ2v) is 7.53. The number of piperidine rings is 1. The molecule has 3 aromatic rings. The van der Waals surface area contributed by atoms with E-state index in [0.717, 1.165) is 42.6 Å². The van der Waals surface area contributed by atoms with Crippen molar-refractivity contribution in [1.29, 1.82) is 0 Å². The summed E-state index contributed by atoms with van der Waals surface area (Å²) in [6.07, 6.45) is 1.56. The van der Waals surface area contributed by atoms with Crippen LogP contribution >= 0.6 is 0 Å². The smallest absolute Gasteiger partial charge is 0.374 e. The van der Waals surface area contributed by atoms with Crippen LogP contribution in [0.1, 0.15) is 35.9 Å². The molecule has 1 N–H and O–H groups in total. The highest BCUT2D eigenvalue weighted by Gasteiger charge is 2.28. The van der Waals surface area contributed by atoms with Gasteiger partial charge in [-0.1, -0.05) is 36.4 Å². The van der Waals surface area contributed by atoms with Gasteiger partial charge in [-0.2, -0.15) is 0 Å². The van der Waals surface area contributed by atoms with Crippen molar-refractivity contribution >= 4 is 28.5 Å². The molecule has 1 saturated heterocycles. The lowest BCUT2D eigenvalue weighted by atomic mass is 9.95. The number of carbonyl (C=O) groups is 2. The Kier molecular flexibility index (Phi) is 6.14. The van der Waals surface area contributed by atoms with Crippen LogP contribution in [0.15, 0.2) is 59.0 Å². The van der Waals surface area contributed by atoms with Gasteiger partial charge in [0, 0.05) is 29.1 Å². The van der Waals surface area contributed by atoms with E-state index in [4.69, 9.17) is 9.15 Å². The Hall–Kier alpha value is -3.12. The van der Waals surface area contributed by atoms with E-state index in [2.05, 4.69) is 10.2 Å². The van der Waals surface area contributed by atoms with Gasteiger partial charge in [-0.3, -0.25) is 9.69 Å². The Bertz CT molecular complexity index is 1020. The molecular weight excluding hydrogens is 380 g/mol. The maximum absolute atomic E-state index is 12.6. The first-order valence-electron chi connectivity index (χ1n) is 10.4. The molecule has 0 radical (unpaired) electrons. The van der Waals surface area contributed by atoms with Crippen molar-refractivity contribution in [3.05, 3.63) is 65.9 Å². The second-order valence-electron chi connectivity index (χ2n) is 7.53. The molecule has 4 rings (SSSR count). The zero-order valence-electron chi connectivity index (χ0n) is 17.1. The zero-order chi connectivity index (χ0) is 20.9. The highest BCUT2D eigenvalue weighted by Crippen LogP contribution is 2.29. The normalized spacial score (nSPS) is 15.2. The number of hydrogen-bond donors (Lipinski definition) is 1. The Labute approximate surface area is 175 Å². The molecule has 6 heteroatoms. The van der Waals surface area contributed by atoms with E-state index in [1.807, 2.05) is 54.6 Å². The molecule has 0 spiro atoms. The number of hydrogen-bond acceptors (Lipinski definition) is 5. The summed E-state index contributed by atoms with van der Waals surface area (Å²) in [6.45, 7) is 4.25. The molecule has 1 aliphatic rings. The summed E-state index contributed by atoms with van der Waals surface area (Å²) in [5.74, 6) is -0.0864. The molecule has 156 valence electrons. The molecule has 0 bridgehead atoms. The van der Waals surface area contributed by atoms with Crippen LogP contribution in [0.2, 0.25) is 0 Å². The molecule has 6 nitrogen and oxygen atoms in total. The molecule has 0 saturated carbocycles. The minimum Gasteiger partial charge on any atom is -0.460 e. The molecule has 1 aliphatic heterocycles. The number of esters is 1. The van der Waals surface area contributed by atoms with Gasteiger partial charge < -0.3 is 14.5 Å². The van der Waals surface area contributed by atoms with Crippen LogP contribution < -0.4 is 5.32 Å². The minimum atomic E-state index is -0.430. The van der Waals surface area contributed by atoms with E-state index in [1.165, 1.54) is 0 Å². The average molecular weight is 406 g/mol.